The summed E-state index contributed by atoms with van der Waals surface area (Å²) in [6, 6.07) is 7.52. The number of ether oxygens (including phenoxy) is 1. The van der Waals surface area contributed by atoms with Gasteiger partial charge in [0, 0.05) is 21.2 Å². The summed E-state index contributed by atoms with van der Waals surface area (Å²) in [5.74, 6) is -0.820. The Morgan fingerprint density at radius 1 is 1.30 bits per heavy atom. The molecule has 0 saturated heterocycles. The number of amides is 2. The van der Waals surface area contributed by atoms with Crippen LogP contribution in [0.15, 0.2) is 41.3 Å². The molecule has 0 fully saturated rings. The van der Waals surface area contributed by atoms with E-state index in [1.807, 2.05) is 19.9 Å². The smallest absolute Gasteiger partial charge is 0.254 e. The van der Waals surface area contributed by atoms with Gasteiger partial charge in [-0.3, -0.25) is 14.4 Å². The molecule has 0 aliphatic heterocycles. The van der Waals surface area contributed by atoms with Crippen LogP contribution in [-0.2, 0) is 11.4 Å². The van der Waals surface area contributed by atoms with Crippen molar-refractivity contribution in [2.24, 2.45) is 5.73 Å². The van der Waals surface area contributed by atoms with Crippen LogP contribution in [-0.4, -0.2) is 34.6 Å². The van der Waals surface area contributed by atoms with Gasteiger partial charge in [-0.1, -0.05) is 13.8 Å². The Labute approximate surface area is 177 Å². The number of rotatable bonds is 7. The van der Waals surface area contributed by atoms with Gasteiger partial charge >= 0.3 is 0 Å². The topological polar surface area (TPSA) is 135 Å². The van der Waals surface area contributed by atoms with Crippen LogP contribution in [0, 0.1) is 6.92 Å². The summed E-state index contributed by atoms with van der Waals surface area (Å²) in [6.07, 6.45) is 1.54. The van der Waals surface area contributed by atoms with Gasteiger partial charge in [0.15, 0.2) is 0 Å². The predicted molar refractivity (Wildman–Crippen MR) is 117 cm³/mol. The van der Waals surface area contributed by atoms with Crippen LogP contribution in [0.5, 0.6) is 5.75 Å². The molecule has 0 spiro atoms. The predicted octanol–water partition coefficient (Wildman–Crippen LogP) is 2.08. The van der Waals surface area contributed by atoms with Crippen molar-refractivity contribution < 1.29 is 19.4 Å². The van der Waals surface area contributed by atoms with E-state index >= 15 is 0 Å². The molecule has 1 atom stereocenters. The molecule has 3 aromatic rings. The van der Waals surface area contributed by atoms with E-state index in [0.717, 1.165) is 9.58 Å². The molecule has 0 saturated carbocycles. The number of aliphatic hydroxyl groups is 1. The number of fused-ring (bicyclic) bond motifs is 1. The number of aromatic nitrogens is 1. The summed E-state index contributed by atoms with van der Waals surface area (Å²) in [6.45, 7) is 5.30. The summed E-state index contributed by atoms with van der Waals surface area (Å²) in [5, 5.41) is 12.3. The molecule has 2 heterocycles. The van der Waals surface area contributed by atoms with Gasteiger partial charge in [0.25, 0.3) is 11.5 Å². The van der Waals surface area contributed by atoms with Gasteiger partial charge in [-0.15, -0.1) is 11.3 Å². The number of H-pyrrole nitrogens is 1. The Morgan fingerprint density at radius 2 is 2.03 bits per heavy atom. The van der Waals surface area contributed by atoms with Crippen molar-refractivity contribution in [3.63, 3.8) is 0 Å². The van der Waals surface area contributed by atoms with Gasteiger partial charge in [-0.25, -0.2) is 0 Å². The van der Waals surface area contributed by atoms with E-state index in [4.69, 9.17) is 10.5 Å². The third-order valence-electron chi connectivity index (χ3n) is 4.19. The van der Waals surface area contributed by atoms with Crippen LogP contribution in [0.1, 0.15) is 34.6 Å². The van der Waals surface area contributed by atoms with Gasteiger partial charge in [-0.2, -0.15) is 0 Å². The number of hydrogen-bond acceptors (Lipinski definition) is 6. The lowest BCUT2D eigenvalue weighted by Crippen LogP contribution is -2.46. The highest BCUT2D eigenvalue weighted by molar-refractivity contribution is 7.19. The third-order valence-corrected chi connectivity index (χ3v) is 5.27. The average molecular weight is 432 g/mol. The molecule has 2 amide bonds. The van der Waals surface area contributed by atoms with Crippen molar-refractivity contribution in [3.8, 4) is 5.75 Å². The minimum Gasteiger partial charge on any atom is -0.489 e. The van der Waals surface area contributed by atoms with Crippen LogP contribution in [0.4, 0.5) is 0 Å². The first-order valence-corrected chi connectivity index (χ1v) is 10.3. The maximum Gasteiger partial charge on any atom is 0.254 e. The van der Waals surface area contributed by atoms with Gasteiger partial charge in [0.2, 0.25) is 5.91 Å². The van der Waals surface area contributed by atoms with Crippen molar-refractivity contribution in [3.05, 3.63) is 62.9 Å². The number of thiophene rings is 1. The molecule has 0 aliphatic carbocycles. The second-order valence-corrected chi connectivity index (χ2v) is 7.37. The number of carbonyl (C=O) groups is 2. The first-order chi connectivity index (χ1) is 14.4. The number of carbonyl (C=O) groups excluding carboxylic acids is 2. The SMILES string of the molecule is CC.Cc1sc2ccc(OCc3ccc[nH]c3=O)cc2c1C(=O)NC(CO)C(N)=O. The second kappa shape index (κ2) is 10.6. The fraction of sp³-hybridized carbons (Fsp3) is 0.286. The second-order valence-electron chi connectivity index (χ2n) is 6.12. The number of hydrogen-bond donors (Lipinski definition) is 4. The summed E-state index contributed by atoms with van der Waals surface area (Å²) in [5.41, 5.74) is 5.82. The number of primary amides is 1. The zero-order valence-electron chi connectivity index (χ0n) is 17.0. The third kappa shape index (κ3) is 5.25. The molecule has 1 aromatic carbocycles. The molecule has 3 rings (SSSR count). The van der Waals surface area contributed by atoms with Crippen molar-refractivity contribution in [1.29, 1.82) is 0 Å². The molecule has 0 aliphatic rings. The summed E-state index contributed by atoms with van der Waals surface area (Å²) < 4.78 is 6.57. The molecule has 8 nitrogen and oxygen atoms in total. The van der Waals surface area contributed by atoms with E-state index in [1.54, 1.807) is 37.4 Å². The van der Waals surface area contributed by atoms with Gasteiger partial charge in [-0.05, 0) is 37.3 Å². The number of nitrogens with two attached hydrogens (primary N) is 1. The maximum atomic E-state index is 12.6. The highest BCUT2D eigenvalue weighted by Gasteiger charge is 2.22. The Balaban J connectivity index is 0.00000155. The fourth-order valence-electron chi connectivity index (χ4n) is 2.74. The van der Waals surface area contributed by atoms with E-state index < -0.39 is 24.5 Å². The maximum absolute atomic E-state index is 12.6. The van der Waals surface area contributed by atoms with Crippen LogP contribution in [0.2, 0.25) is 0 Å². The lowest BCUT2D eigenvalue weighted by atomic mass is 10.1. The molecule has 9 heteroatoms. The summed E-state index contributed by atoms with van der Waals surface area (Å²) >= 11 is 1.43. The first-order valence-electron chi connectivity index (χ1n) is 9.44. The largest absolute Gasteiger partial charge is 0.489 e. The number of nitrogens with one attached hydrogen (secondary N) is 2. The highest BCUT2D eigenvalue weighted by Crippen LogP contribution is 2.33. The summed E-state index contributed by atoms with van der Waals surface area (Å²) in [4.78, 5) is 39.0. The van der Waals surface area contributed by atoms with Crippen molar-refractivity contribution in [2.75, 3.05) is 6.61 Å². The summed E-state index contributed by atoms with van der Waals surface area (Å²) in [7, 11) is 0. The molecule has 0 radical (unpaired) electrons. The molecule has 5 N–H and O–H groups in total. The van der Waals surface area contributed by atoms with Crippen LogP contribution in [0.25, 0.3) is 10.1 Å². The Morgan fingerprint density at radius 3 is 2.67 bits per heavy atom. The Kier molecular flexibility index (Phi) is 8.14. The van der Waals surface area contributed by atoms with Gasteiger partial charge in [0.1, 0.15) is 18.4 Å². The van der Waals surface area contributed by atoms with Crippen LogP contribution >= 0.6 is 11.3 Å². The quantitative estimate of drug-likeness (QED) is 0.454. The molecule has 1 unspecified atom stereocenters. The molecule has 2 aromatic heterocycles. The van der Waals surface area contributed by atoms with E-state index in [1.165, 1.54) is 11.3 Å². The lowest BCUT2D eigenvalue weighted by Gasteiger charge is -2.13. The minimum atomic E-state index is -1.16. The fourth-order valence-corrected chi connectivity index (χ4v) is 3.78. The standard InChI is InChI=1S/C19H19N3O5S.C2H6/c1-10-16(19(26)22-14(8-23)17(20)24)13-7-12(4-5-15(13)28-10)27-9-11-3-2-6-21-18(11)25;1-2/h2-7,14,23H,8-9H2,1H3,(H2,20,24)(H,21,25)(H,22,26);1-2H3. The van der Waals surface area contributed by atoms with Crippen molar-refractivity contribution in [2.45, 2.75) is 33.4 Å². The normalized spacial score (nSPS) is 11.3. The first kappa shape index (κ1) is 23.1. The molecule has 0 bridgehead atoms. The number of pyridine rings is 1. The van der Waals surface area contributed by atoms with Crippen molar-refractivity contribution >= 4 is 33.2 Å². The molecular formula is C21H25N3O5S. The van der Waals surface area contributed by atoms with E-state index in [0.29, 0.717) is 22.3 Å². The molecular weight excluding hydrogens is 406 g/mol. The highest BCUT2D eigenvalue weighted by atomic mass is 32.1. The van der Waals surface area contributed by atoms with Gasteiger partial charge in [0.05, 0.1) is 17.7 Å². The number of aliphatic hydroxyl groups excluding tert-OH is 1. The Hall–Kier alpha value is -3.17. The number of aryl methyl sites for hydroxylation is 1. The van der Waals surface area contributed by atoms with Crippen molar-refractivity contribution in [1.82, 2.24) is 10.3 Å². The van der Waals surface area contributed by atoms with E-state index in [9.17, 15) is 19.5 Å². The van der Waals surface area contributed by atoms with Crippen LogP contribution in [0.3, 0.4) is 0 Å². The molecule has 160 valence electrons. The monoisotopic (exact) mass is 431 g/mol. The minimum absolute atomic E-state index is 0.0839. The zero-order chi connectivity index (χ0) is 22.3. The van der Waals surface area contributed by atoms with E-state index in [-0.39, 0.29) is 12.2 Å². The number of benzene rings is 1. The van der Waals surface area contributed by atoms with E-state index in [2.05, 4.69) is 10.3 Å². The average Bonchev–Trinajstić information content (AvgIpc) is 3.07. The zero-order valence-corrected chi connectivity index (χ0v) is 17.8. The lowest BCUT2D eigenvalue weighted by molar-refractivity contribution is -0.120. The number of aromatic amines is 1. The van der Waals surface area contributed by atoms with Gasteiger partial charge < -0.3 is 25.9 Å². The Bertz CT molecular complexity index is 1090. The molecule has 30 heavy (non-hydrogen) atoms. The van der Waals surface area contributed by atoms with Crippen LogP contribution < -0.4 is 21.3 Å².